The van der Waals surface area contributed by atoms with Gasteiger partial charge in [-0.3, -0.25) is 0 Å². The van der Waals surface area contributed by atoms with Crippen molar-refractivity contribution < 1.29 is 29.3 Å². The summed E-state index contributed by atoms with van der Waals surface area (Å²) in [6.07, 6.45) is 1.84. The Labute approximate surface area is 194 Å². The van der Waals surface area contributed by atoms with Gasteiger partial charge in [0.05, 0.1) is 8.95 Å². The molecule has 0 aromatic heterocycles. The van der Waals surface area contributed by atoms with Crippen LogP contribution in [0, 0.1) is 0 Å². The van der Waals surface area contributed by atoms with Crippen molar-refractivity contribution in [2.24, 2.45) is 0 Å². The highest BCUT2D eigenvalue weighted by Gasteiger charge is 2.12. The first-order valence-corrected chi connectivity index (χ1v) is 10.7. The fraction of sp³-hybridized carbons (Fsp3) is 0.111. The third-order valence-electron chi connectivity index (χ3n) is 3.40. The van der Waals surface area contributed by atoms with Crippen LogP contribution in [0.3, 0.4) is 0 Å². The van der Waals surface area contributed by atoms with Gasteiger partial charge in [0.1, 0.15) is 24.7 Å². The van der Waals surface area contributed by atoms with E-state index in [9.17, 15) is 19.8 Å². The normalized spacial score (nSPS) is 10.9. The molecule has 148 valence electrons. The molecule has 2 aromatic carbocycles. The standard InChI is InChI=1S/C18H12Br4O6/c19-11-3-1-9(17(25)15(11)21)7-27-13(23)5-6-14(24)28-8-10-2-4-12(20)16(22)18(10)26/h1-6,25-26H,7-8H2/b6-5+. The smallest absolute Gasteiger partial charge is 0.331 e. The van der Waals surface area contributed by atoms with Crippen molar-refractivity contribution in [3.63, 3.8) is 0 Å². The predicted molar refractivity (Wildman–Crippen MR) is 116 cm³/mol. The van der Waals surface area contributed by atoms with Gasteiger partial charge in [0.2, 0.25) is 0 Å². The summed E-state index contributed by atoms with van der Waals surface area (Å²) in [6.45, 7) is -0.340. The molecule has 2 aromatic rings. The highest BCUT2D eigenvalue weighted by molar-refractivity contribution is 9.13. The molecule has 6 nitrogen and oxygen atoms in total. The molecule has 0 fully saturated rings. The summed E-state index contributed by atoms with van der Waals surface area (Å²) in [6, 6.07) is 6.57. The number of hydrogen-bond acceptors (Lipinski definition) is 6. The van der Waals surface area contributed by atoms with Crippen molar-refractivity contribution in [1.82, 2.24) is 0 Å². The van der Waals surface area contributed by atoms with Gasteiger partial charge in [0.25, 0.3) is 0 Å². The number of benzene rings is 2. The second-order valence-electron chi connectivity index (χ2n) is 5.29. The molecule has 0 aliphatic carbocycles. The predicted octanol–water partition coefficient (Wildman–Crippen LogP) is 5.49. The van der Waals surface area contributed by atoms with E-state index in [0.717, 1.165) is 12.2 Å². The van der Waals surface area contributed by atoms with Crippen molar-refractivity contribution in [3.8, 4) is 11.5 Å². The SMILES string of the molecule is O=C(/C=C/C(=O)OCc1ccc(Br)c(Br)c1O)OCc1ccc(Br)c(Br)c1O. The first-order valence-electron chi connectivity index (χ1n) is 7.54. The Balaban J connectivity index is 1.86. The minimum atomic E-state index is -0.773. The van der Waals surface area contributed by atoms with E-state index in [4.69, 9.17) is 9.47 Å². The average molecular weight is 644 g/mol. The van der Waals surface area contributed by atoms with Crippen LogP contribution in [0.5, 0.6) is 11.5 Å². The number of carbonyl (C=O) groups excluding carboxylic acids is 2. The number of halogens is 4. The number of aromatic hydroxyl groups is 2. The van der Waals surface area contributed by atoms with Crippen LogP contribution in [0.1, 0.15) is 11.1 Å². The number of hydrogen-bond donors (Lipinski definition) is 2. The molecule has 28 heavy (non-hydrogen) atoms. The van der Waals surface area contributed by atoms with Crippen LogP contribution in [-0.2, 0) is 32.3 Å². The molecule has 0 amide bonds. The number of esters is 2. The maximum atomic E-state index is 11.7. The summed E-state index contributed by atoms with van der Waals surface area (Å²) in [4.78, 5) is 23.4. The van der Waals surface area contributed by atoms with E-state index in [1.165, 1.54) is 0 Å². The van der Waals surface area contributed by atoms with E-state index in [1.807, 2.05) is 0 Å². The molecule has 0 saturated carbocycles. The van der Waals surface area contributed by atoms with Gasteiger partial charge in [0.15, 0.2) is 0 Å². The Kier molecular flexibility index (Phi) is 8.54. The van der Waals surface area contributed by atoms with Crippen molar-refractivity contribution in [2.45, 2.75) is 13.2 Å². The van der Waals surface area contributed by atoms with Crippen molar-refractivity contribution in [2.75, 3.05) is 0 Å². The van der Waals surface area contributed by atoms with Gasteiger partial charge in [-0.2, -0.15) is 0 Å². The second-order valence-corrected chi connectivity index (χ2v) is 8.58. The largest absolute Gasteiger partial charge is 0.506 e. The molecule has 2 N–H and O–H groups in total. The zero-order valence-electron chi connectivity index (χ0n) is 13.9. The van der Waals surface area contributed by atoms with E-state index >= 15 is 0 Å². The first-order chi connectivity index (χ1) is 13.2. The molecule has 0 saturated heterocycles. The maximum Gasteiger partial charge on any atom is 0.331 e. The Morgan fingerprint density at radius 3 is 1.46 bits per heavy atom. The molecule has 0 atom stereocenters. The lowest BCUT2D eigenvalue weighted by molar-refractivity contribution is -0.141. The third kappa shape index (κ3) is 6.07. The number of phenolic OH excluding ortho intramolecular Hbond substituents is 2. The van der Waals surface area contributed by atoms with E-state index in [1.54, 1.807) is 24.3 Å². The summed E-state index contributed by atoms with van der Waals surface area (Å²) in [5, 5.41) is 19.9. The van der Waals surface area contributed by atoms with Gasteiger partial charge in [-0.1, -0.05) is 12.1 Å². The molecule has 0 unspecified atom stereocenters. The fourth-order valence-corrected chi connectivity index (χ4v) is 3.34. The molecule has 0 bridgehead atoms. The van der Waals surface area contributed by atoms with Gasteiger partial charge in [-0.25, -0.2) is 9.59 Å². The van der Waals surface area contributed by atoms with E-state index in [-0.39, 0.29) is 24.7 Å². The molecular weight excluding hydrogens is 632 g/mol. The van der Waals surface area contributed by atoms with Crippen LogP contribution in [0.25, 0.3) is 0 Å². The van der Waals surface area contributed by atoms with Gasteiger partial charge in [-0.15, -0.1) is 0 Å². The lowest BCUT2D eigenvalue weighted by atomic mass is 10.2. The minimum Gasteiger partial charge on any atom is -0.506 e. The molecule has 0 radical (unpaired) electrons. The Hall–Kier alpha value is -1.36. The second kappa shape index (κ2) is 10.4. The number of phenols is 2. The van der Waals surface area contributed by atoms with Crippen LogP contribution in [0.2, 0.25) is 0 Å². The van der Waals surface area contributed by atoms with Gasteiger partial charge in [0, 0.05) is 32.2 Å². The van der Waals surface area contributed by atoms with E-state index in [2.05, 4.69) is 63.7 Å². The zero-order chi connectivity index (χ0) is 20.8. The zero-order valence-corrected chi connectivity index (χ0v) is 20.3. The number of carbonyl (C=O) groups is 2. The molecule has 0 heterocycles. The monoisotopic (exact) mass is 640 g/mol. The molecule has 10 heteroatoms. The van der Waals surface area contributed by atoms with Crippen molar-refractivity contribution in [3.05, 3.63) is 65.4 Å². The van der Waals surface area contributed by atoms with Crippen LogP contribution in [0.4, 0.5) is 0 Å². The summed E-state index contributed by atoms with van der Waals surface area (Å²) >= 11 is 12.9. The van der Waals surface area contributed by atoms with Gasteiger partial charge < -0.3 is 19.7 Å². The number of ether oxygens (including phenoxy) is 2. The maximum absolute atomic E-state index is 11.7. The molecule has 0 spiro atoms. The number of rotatable bonds is 6. The molecule has 0 aliphatic rings. The lowest BCUT2D eigenvalue weighted by Crippen LogP contribution is -2.05. The van der Waals surface area contributed by atoms with Crippen molar-refractivity contribution >= 4 is 75.7 Å². The first kappa shape index (κ1) is 22.9. The van der Waals surface area contributed by atoms with Gasteiger partial charge in [-0.05, 0) is 75.9 Å². The topological polar surface area (TPSA) is 93.1 Å². The Bertz CT molecular complexity index is 867. The van der Waals surface area contributed by atoms with Gasteiger partial charge >= 0.3 is 11.9 Å². The summed E-state index contributed by atoms with van der Waals surface area (Å²) in [5.41, 5.74) is 0.798. The molecular formula is C18H12Br4O6. The van der Waals surface area contributed by atoms with Crippen molar-refractivity contribution in [1.29, 1.82) is 0 Å². The molecule has 2 rings (SSSR count). The fourth-order valence-electron chi connectivity index (χ4n) is 1.92. The van der Waals surface area contributed by atoms with Crippen LogP contribution in [-0.4, -0.2) is 22.2 Å². The van der Waals surface area contributed by atoms with Crippen LogP contribution >= 0.6 is 63.7 Å². The van der Waals surface area contributed by atoms with E-state index < -0.39 is 11.9 Å². The molecule has 0 aliphatic heterocycles. The van der Waals surface area contributed by atoms with Crippen LogP contribution < -0.4 is 0 Å². The Morgan fingerprint density at radius 2 is 1.11 bits per heavy atom. The third-order valence-corrected chi connectivity index (χ3v) is 7.39. The summed E-state index contributed by atoms with van der Waals surface area (Å²) in [7, 11) is 0. The quantitative estimate of drug-likeness (QED) is 0.320. The van der Waals surface area contributed by atoms with Crippen LogP contribution in [0.15, 0.2) is 54.3 Å². The highest BCUT2D eigenvalue weighted by Crippen LogP contribution is 2.35. The Morgan fingerprint density at radius 1 is 0.750 bits per heavy atom. The summed E-state index contributed by atoms with van der Waals surface area (Å²) in [5.74, 6) is -1.65. The average Bonchev–Trinajstić information content (AvgIpc) is 2.67. The van der Waals surface area contributed by atoms with E-state index in [0.29, 0.717) is 29.0 Å². The lowest BCUT2D eigenvalue weighted by Gasteiger charge is -2.08. The highest BCUT2D eigenvalue weighted by atomic mass is 79.9. The summed E-state index contributed by atoms with van der Waals surface area (Å²) < 4.78 is 12.2. The minimum absolute atomic E-state index is 0.0500.